The van der Waals surface area contributed by atoms with Crippen LogP contribution in [0.1, 0.15) is 22.6 Å². The molecule has 0 bridgehead atoms. The van der Waals surface area contributed by atoms with Crippen LogP contribution in [0.15, 0.2) is 28.7 Å². The molecule has 3 rings (SSSR count). The predicted molar refractivity (Wildman–Crippen MR) is 89.5 cm³/mol. The fourth-order valence-corrected chi connectivity index (χ4v) is 2.89. The topological polar surface area (TPSA) is 77.0 Å². The largest absolute Gasteiger partial charge is 0.336 e. The van der Waals surface area contributed by atoms with E-state index < -0.39 is 0 Å². The van der Waals surface area contributed by atoms with Crippen molar-refractivity contribution >= 4 is 34.2 Å². The van der Waals surface area contributed by atoms with E-state index in [0.29, 0.717) is 18.8 Å². The van der Waals surface area contributed by atoms with Gasteiger partial charge in [-0.3, -0.25) is 4.79 Å². The van der Waals surface area contributed by atoms with E-state index >= 15 is 0 Å². The summed E-state index contributed by atoms with van der Waals surface area (Å²) in [6.07, 6.45) is 0.838. The number of halogens is 2. The third kappa shape index (κ3) is 3.16. The Morgan fingerprint density at radius 2 is 2.23 bits per heavy atom. The number of aromatic nitrogens is 3. The Kier molecular flexibility index (Phi) is 5.20. The van der Waals surface area contributed by atoms with Crippen LogP contribution in [0, 0.1) is 6.92 Å². The van der Waals surface area contributed by atoms with Crippen molar-refractivity contribution in [1.82, 2.24) is 19.9 Å². The zero-order valence-electron chi connectivity index (χ0n) is 12.1. The summed E-state index contributed by atoms with van der Waals surface area (Å²) in [4.78, 5) is 14.2. The van der Waals surface area contributed by atoms with E-state index in [1.807, 2.05) is 31.2 Å². The summed E-state index contributed by atoms with van der Waals surface area (Å²) in [6.45, 7) is 3.12. The number of nitrogens with zero attached hydrogens (tertiary/aromatic N) is 4. The van der Waals surface area contributed by atoms with Crippen molar-refractivity contribution in [2.45, 2.75) is 19.4 Å². The van der Waals surface area contributed by atoms with Crippen LogP contribution in [0.3, 0.4) is 0 Å². The number of nitrogens with two attached hydrogens (primary N) is 1. The van der Waals surface area contributed by atoms with Gasteiger partial charge < -0.3 is 10.6 Å². The van der Waals surface area contributed by atoms with Crippen molar-refractivity contribution < 1.29 is 4.79 Å². The summed E-state index contributed by atoms with van der Waals surface area (Å²) in [6, 6.07) is 7.78. The molecular formula is C14H17BrClN5O. The van der Waals surface area contributed by atoms with Gasteiger partial charge in [0.15, 0.2) is 5.69 Å². The first-order valence-corrected chi connectivity index (χ1v) is 7.58. The molecule has 0 unspecified atom stereocenters. The molecule has 1 saturated heterocycles. The normalized spacial score (nSPS) is 17.4. The molecule has 1 amide bonds. The summed E-state index contributed by atoms with van der Waals surface area (Å²) < 4.78 is 2.63. The van der Waals surface area contributed by atoms with Crippen LogP contribution >= 0.6 is 28.3 Å². The Labute approximate surface area is 143 Å². The van der Waals surface area contributed by atoms with Crippen LogP contribution in [-0.4, -0.2) is 44.9 Å². The quantitative estimate of drug-likeness (QED) is 0.855. The van der Waals surface area contributed by atoms with Crippen LogP contribution < -0.4 is 5.73 Å². The number of carbonyl (C=O) groups is 1. The molecule has 1 aromatic carbocycles. The Morgan fingerprint density at radius 3 is 2.86 bits per heavy atom. The number of rotatable bonds is 2. The molecule has 1 aromatic heterocycles. The average molecular weight is 387 g/mol. The smallest absolute Gasteiger partial charge is 0.276 e. The van der Waals surface area contributed by atoms with Crippen molar-refractivity contribution in [2.24, 2.45) is 5.73 Å². The third-order valence-corrected chi connectivity index (χ3v) is 4.16. The molecule has 1 aliphatic heterocycles. The van der Waals surface area contributed by atoms with Gasteiger partial charge >= 0.3 is 0 Å². The summed E-state index contributed by atoms with van der Waals surface area (Å²) in [7, 11) is 0. The predicted octanol–water partition coefficient (Wildman–Crippen LogP) is 1.93. The fourth-order valence-electron chi connectivity index (χ4n) is 2.50. The highest BCUT2D eigenvalue weighted by molar-refractivity contribution is 9.10. The molecule has 2 N–H and O–H groups in total. The zero-order chi connectivity index (χ0) is 15.0. The molecule has 22 heavy (non-hydrogen) atoms. The van der Waals surface area contributed by atoms with Gasteiger partial charge in [-0.05, 0) is 31.5 Å². The van der Waals surface area contributed by atoms with Gasteiger partial charge in [0.05, 0.1) is 11.4 Å². The van der Waals surface area contributed by atoms with Gasteiger partial charge in [-0.2, -0.15) is 0 Å². The van der Waals surface area contributed by atoms with Crippen LogP contribution in [-0.2, 0) is 0 Å². The van der Waals surface area contributed by atoms with Crippen LogP contribution in [0.25, 0.3) is 5.69 Å². The maximum Gasteiger partial charge on any atom is 0.276 e. The summed E-state index contributed by atoms with van der Waals surface area (Å²) in [5, 5.41) is 8.16. The minimum Gasteiger partial charge on any atom is -0.336 e. The van der Waals surface area contributed by atoms with Gasteiger partial charge in [-0.1, -0.05) is 27.2 Å². The number of amides is 1. The van der Waals surface area contributed by atoms with Crippen molar-refractivity contribution in [2.75, 3.05) is 13.1 Å². The van der Waals surface area contributed by atoms with Crippen LogP contribution in [0.2, 0.25) is 0 Å². The summed E-state index contributed by atoms with van der Waals surface area (Å²) in [5.74, 6) is -0.0957. The van der Waals surface area contributed by atoms with E-state index in [0.717, 1.165) is 22.3 Å². The molecule has 1 atom stereocenters. The van der Waals surface area contributed by atoms with Gasteiger partial charge in [0.2, 0.25) is 0 Å². The minimum absolute atomic E-state index is 0. The first kappa shape index (κ1) is 16.9. The summed E-state index contributed by atoms with van der Waals surface area (Å²) in [5.41, 5.74) is 7.85. The van der Waals surface area contributed by atoms with Crippen LogP contribution in [0.4, 0.5) is 0 Å². The molecule has 118 valence electrons. The lowest BCUT2D eigenvalue weighted by Gasteiger charge is -2.14. The molecule has 1 aliphatic rings. The highest BCUT2D eigenvalue weighted by Crippen LogP contribution is 2.19. The monoisotopic (exact) mass is 385 g/mol. The Hall–Kier alpha value is -1.44. The van der Waals surface area contributed by atoms with E-state index in [2.05, 4.69) is 26.2 Å². The number of benzene rings is 1. The van der Waals surface area contributed by atoms with E-state index in [1.165, 1.54) is 0 Å². The van der Waals surface area contributed by atoms with E-state index in [-0.39, 0.29) is 24.4 Å². The molecule has 0 aliphatic carbocycles. The minimum atomic E-state index is -0.0957. The number of likely N-dealkylation sites (tertiary alicyclic amines) is 1. The molecule has 1 fully saturated rings. The Morgan fingerprint density at radius 1 is 1.45 bits per heavy atom. The lowest BCUT2D eigenvalue weighted by molar-refractivity contribution is 0.0784. The fraction of sp³-hybridized carbons (Fsp3) is 0.357. The second kappa shape index (κ2) is 6.76. The molecule has 0 saturated carbocycles. The van der Waals surface area contributed by atoms with E-state index in [1.54, 1.807) is 9.58 Å². The second-order valence-electron chi connectivity index (χ2n) is 5.22. The standard InChI is InChI=1S/C14H16BrN5O.ClH/c1-9-13(14(21)19-6-5-11(16)8-19)17-18-20(9)12-4-2-3-10(15)7-12;/h2-4,7,11H,5-6,8,16H2,1H3;1H/t11-;/m0./s1. The molecule has 0 radical (unpaired) electrons. The second-order valence-corrected chi connectivity index (χ2v) is 6.13. The Balaban J connectivity index is 0.00000176. The van der Waals surface area contributed by atoms with Gasteiger partial charge in [0, 0.05) is 23.6 Å². The van der Waals surface area contributed by atoms with Crippen LogP contribution in [0.5, 0.6) is 0 Å². The van der Waals surface area contributed by atoms with Crippen molar-refractivity contribution in [3.05, 3.63) is 40.1 Å². The maximum atomic E-state index is 12.5. The first-order valence-electron chi connectivity index (χ1n) is 6.79. The lowest BCUT2D eigenvalue weighted by atomic mass is 10.2. The van der Waals surface area contributed by atoms with Crippen molar-refractivity contribution in [3.8, 4) is 5.69 Å². The number of hydrogen-bond acceptors (Lipinski definition) is 4. The van der Waals surface area contributed by atoms with Gasteiger partial charge in [-0.15, -0.1) is 17.5 Å². The highest BCUT2D eigenvalue weighted by Gasteiger charge is 2.28. The van der Waals surface area contributed by atoms with Gasteiger partial charge in [0.1, 0.15) is 0 Å². The first-order chi connectivity index (χ1) is 10.1. The molecule has 2 heterocycles. The van der Waals surface area contributed by atoms with Crippen molar-refractivity contribution in [3.63, 3.8) is 0 Å². The number of carbonyl (C=O) groups excluding carboxylic acids is 1. The molecule has 6 nitrogen and oxygen atoms in total. The van der Waals surface area contributed by atoms with E-state index in [4.69, 9.17) is 5.73 Å². The lowest BCUT2D eigenvalue weighted by Crippen LogP contribution is -2.32. The zero-order valence-corrected chi connectivity index (χ0v) is 14.5. The van der Waals surface area contributed by atoms with Gasteiger partial charge in [0.25, 0.3) is 5.91 Å². The maximum absolute atomic E-state index is 12.5. The summed E-state index contributed by atoms with van der Waals surface area (Å²) >= 11 is 3.43. The highest BCUT2D eigenvalue weighted by atomic mass is 79.9. The Bertz CT molecular complexity index is 690. The average Bonchev–Trinajstić information content (AvgIpc) is 3.04. The number of hydrogen-bond donors (Lipinski definition) is 1. The third-order valence-electron chi connectivity index (χ3n) is 3.66. The molecule has 0 spiro atoms. The SMILES string of the molecule is Cc1c(C(=O)N2CC[C@H](N)C2)nnn1-c1cccc(Br)c1.Cl. The van der Waals surface area contributed by atoms with Gasteiger partial charge in [-0.25, -0.2) is 4.68 Å². The van der Waals surface area contributed by atoms with Crippen molar-refractivity contribution in [1.29, 1.82) is 0 Å². The molecule has 8 heteroatoms. The van der Waals surface area contributed by atoms with E-state index in [9.17, 15) is 4.79 Å². The molecule has 2 aromatic rings. The molecular weight excluding hydrogens is 370 g/mol.